The third-order valence-corrected chi connectivity index (χ3v) is 4.18. The normalized spacial score (nSPS) is 27.1. The van der Waals surface area contributed by atoms with Gasteiger partial charge in [0.2, 0.25) is 0 Å². The molecule has 0 aromatic heterocycles. The summed E-state index contributed by atoms with van der Waals surface area (Å²) in [6, 6.07) is 0.0326. The van der Waals surface area contributed by atoms with E-state index < -0.39 is 0 Å². The van der Waals surface area contributed by atoms with Gasteiger partial charge in [0.1, 0.15) is 0 Å². The lowest BCUT2D eigenvalue weighted by Gasteiger charge is -2.32. The van der Waals surface area contributed by atoms with E-state index in [0.29, 0.717) is 5.92 Å². The highest BCUT2D eigenvalue weighted by molar-refractivity contribution is 5.80. The van der Waals surface area contributed by atoms with Crippen LogP contribution in [0.15, 0.2) is 0 Å². The third kappa shape index (κ3) is 1.89. The molecule has 0 radical (unpaired) electrons. The first kappa shape index (κ1) is 10.9. The molecule has 86 valence electrons. The van der Waals surface area contributed by atoms with E-state index in [9.17, 15) is 4.79 Å². The fourth-order valence-corrected chi connectivity index (χ4v) is 2.96. The van der Waals surface area contributed by atoms with Crippen molar-refractivity contribution in [3.63, 3.8) is 0 Å². The number of esters is 1. The van der Waals surface area contributed by atoms with Gasteiger partial charge in [0.15, 0.2) is 0 Å². The van der Waals surface area contributed by atoms with Crippen LogP contribution < -0.4 is 5.73 Å². The Morgan fingerprint density at radius 2 is 1.93 bits per heavy atom. The molecule has 0 aromatic carbocycles. The SMILES string of the molecule is COC(=O)C1(C(N)C2CCCCC2)CC1. The Kier molecular flexibility index (Phi) is 3.01. The third-order valence-electron chi connectivity index (χ3n) is 4.18. The van der Waals surface area contributed by atoms with Crippen LogP contribution in [0.5, 0.6) is 0 Å². The van der Waals surface area contributed by atoms with E-state index in [1.807, 2.05) is 0 Å². The van der Waals surface area contributed by atoms with E-state index in [-0.39, 0.29) is 17.4 Å². The predicted octanol–water partition coefficient (Wildman–Crippen LogP) is 1.85. The van der Waals surface area contributed by atoms with Crippen LogP contribution in [0.25, 0.3) is 0 Å². The number of nitrogens with two attached hydrogens (primary N) is 1. The molecule has 15 heavy (non-hydrogen) atoms. The second-order valence-electron chi connectivity index (χ2n) is 5.07. The van der Waals surface area contributed by atoms with Crippen LogP contribution in [-0.2, 0) is 9.53 Å². The van der Waals surface area contributed by atoms with E-state index in [2.05, 4.69) is 0 Å². The van der Waals surface area contributed by atoms with Crippen molar-refractivity contribution in [3.8, 4) is 0 Å². The molecule has 0 heterocycles. The number of carbonyl (C=O) groups excluding carboxylic acids is 1. The molecule has 1 atom stereocenters. The second kappa shape index (κ2) is 4.12. The van der Waals surface area contributed by atoms with Crippen molar-refractivity contribution in [2.24, 2.45) is 17.1 Å². The average molecular weight is 211 g/mol. The van der Waals surface area contributed by atoms with Gasteiger partial charge in [-0.1, -0.05) is 19.3 Å². The topological polar surface area (TPSA) is 52.3 Å². The Bertz CT molecular complexity index is 242. The zero-order chi connectivity index (χ0) is 10.9. The first-order valence-corrected chi connectivity index (χ1v) is 6.05. The lowest BCUT2D eigenvalue weighted by Crippen LogP contribution is -2.44. The Hall–Kier alpha value is -0.570. The standard InChI is InChI=1S/C12H21NO2/c1-15-11(14)12(7-8-12)10(13)9-5-3-2-4-6-9/h9-10H,2-8,13H2,1H3. The minimum absolute atomic E-state index is 0.0326. The summed E-state index contributed by atoms with van der Waals surface area (Å²) in [6.07, 6.45) is 8.12. The lowest BCUT2D eigenvalue weighted by atomic mass is 9.77. The smallest absolute Gasteiger partial charge is 0.313 e. The van der Waals surface area contributed by atoms with Crippen LogP contribution in [0, 0.1) is 11.3 Å². The van der Waals surface area contributed by atoms with Gasteiger partial charge in [-0.25, -0.2) is 0 Å². The quantitative estimate of drug-likeness (QED) is 0.725. The van der Waals surface area contributed by atoms with Crippen molar-refractivity contribution in [3.05, 3.63) is 0 Å². The zero-order valence-electron chi connectivity index (χ0n) is 9.50. The molecule has 3 nitrogen and oxygen atoms in total. The zero-order valence-corrected chi connectivity index (χ0v) is 9.50. The van der Waals surface area contributed by atoms with Gasteiger partial charge in [0.25, 0.3) is 0 Å². The highest BCUT2D eigenvalue weighted by Gasteiger charge is 2.57. The van der Waals surface area contributed by atoms with Crippen LogP contribution in [0.3, 0.4) is 0 Å². The molecule has 2 N–H and O–H groups in total. The number of carbonyl (C=O) groups is 1. The maximum absolute atomic E-state index is 11.7. The summed E-state index contributed by atoms with van der Waals surface area (Å²) in [7, 11) is 1.47. The van der Waals surface area contributed by atoms with E-state index >= 15 is 0 Å². The summed E-state index contributed by atoms with van der Waals surface area (Å²) in [5.74, 6) is 0.459. The van der Waals surface area contributed by atoms with E-state index in [4.69, 9.17) is 10.5 Å². The van der Waals surface area contributed by atoms with E-state index in [0.717, 1.165) is 12.8 Å². The van der Waals surface area contributed by atoms with Gasteiger partial charge in [0, 0.05) is 6.04 Å². The molecule has 2 aliphatic carbocycles. The number of ether oxygens (including phenoxy) is 1. The Morgan fingerprint density at radius 1 is 1.33 bits per heavy atom. The molecule has 0 saturated heterocycles. The molecule has 0 amide bonds. The molecule has 0 bridgehead atoms. The van der Waals surface area contributed by atoms with Crippen molar-refractivity contribution in [1.29, 1.82) is 0 Å². The maximum Gasteiger partial charge on any atom is 0.313 e. The van der Waals surface area contributed by atoms with Crippen molar-refractivity contribution >= 4 is 5.97 Å². The first-order valence-electron chi connectivity index (χ1n) is 6.05. The predicted molar refractivity (Wildman–Crippen MR) is 58.2 cm³/mol. The van der Waals surface area contributed by atoms with E-state index in [1.165, 1.54) is 39.2 Å². The second-order valence-corrected chi connectivity index (χ2v) is 5.07. The average Bonchev–Trinajstić information content (AvgIpc) is 3.09. The Morgan fingerprint density at radius 3 is 2.40 bits per heavy atom. The number of methoxy groups -OCH3 is 1. The molecule has 2 fully saturated rings. The van der Waals surface area contributed by atoms with Gasteiger partial charge in [-0.3, -0.25) is 4.79 Å². The fraction of sp³-hybridized carbons (Fsp3) is 0.917. The number of hydrogen-bond acceptors (Lipinski definition) is 3. The van der Waals surface area contributed by atoms with Gasteiger partial charge in [-0.15, -0.1) is 0 Å². The van der Waals surface area contributed by atoms with Crippen LogP contribution in [0.4, 0.5) is 0 Å². The molecular weight excluding hydrogens is 190 g/mol. The molecule has 2 rings (SSSR count). The summed E-state index contributed by atoms with van der Waals surface area (Å²) >= 11 is 0. The van der Waals surface area contributed by atoms with Crippen LogP contribution >= 0.6 is 0 Å². The summed E-state index contributed by atoms with van der Waals surface area (Å²) in [4.78, 5) is 11.7. The molecule has 2 aliphatic rings. The Labute approximate surface area is 91.4 Å². The number of hydrogen-bond donors (Lipinski definition) is 1. The van der Waals surface area contributed by atoms with Crippen molar-refractivity contribution in [2.75, 3.05) is 7.11 Å². The summed E-state index contributed by atoms with van der Waals surface area (Å²) in [5.41, 5.74) is 5.96. The molecule has 1 unspecified atom stereocenters. The molecular formula is C12H21NO2. The molecule has 0 aromatic rings. The van der Waals surface area contributed by atoms with Gasteiger partial charge in [0.05, 0.1) is 12.5 Å². The molecule has 0 aliphatic heterocycles. The molecule has 2 saturated carbocycles. The highest BCUT2D eigenvalue weighted by Crippen LogP contribution is 2.52. The van der Waals surface area contributed by atoms with Crippen LogP contribution in [0.1, 0.15) is 44.9 Å². The highest BCUT2D eigenvalue weighted by atomic mass is 16.5. The van der Waals surface area contributed by atoms with Gasteiger partial charge in [-0.2, -0.15) is 0 Å². The van der Waals surface area contributed by atoms with E-state index in [1.54, 1.807) is 0 Å². The first-order chi connectivity index (χ1) is 7.20. The molecule has 0 spiro atoms. The fourth-order valence-electron chi connectivity index (χ4n) is 2.96. The van der Waals surface area contributed by atoms with Crippen LogP contribution in [0.2, 0.25) is 0 Å². The summed E-state index contributed by atoms with van der Waals surface area (Å²) in [6.45, 7) is 0. The largest absolute Gasteiger partial charge is 0.469 e. The minimum atomic E-state index is -0.309. The van der Waals surface area contributed by atoms with Crippen LogP contribution in [-0.4, -0.2) is 19.1 Å². The Balaban J connectivity index is 2.00. The monoisotopic (exact) mass is 211 g/mol. The summed E-state index contributed by atoms with van der Waals surface area (Å²) < 4.78 is 4.87. The number of rotatable bonds is 3. The lowest BCUT2D eigenvalue weighted by molar-refractivity contribution is -0.148. The van der Waals surface area contributed by atoms with Gasteiger partial charge >= 0.3 is 5.97 Å². The van der Waals surface area contributed by atoms with Crippen molar-refractivity contribution in [2.45, 2.75) is 51.0 Å². The van der Waals surface area contributed by atoms with Gasteiger partial charge < -0.3 is 10.5 Å². The van der Waals surface area contributed by atoms with Crippen molar-refractivity contribution < 1.29 is 9.53 Å². The minimum Gasteiger partial charge on any atom is -0.469 e. The van der Waals surface area contributed by atoms with Crippen molar-refractivity contribution in [1.82, 2.24) is 0 Å². The summed E-state index contributed by atoms with van der Waals surface area (Å²) in [5, 5.41) is 0. The molecule has 3 heteroatoms. The van der Waals surface area contributed by atoms with Gasteiger partial charge in [-0.05, 0) is 31.6 Å². The maximum atomic E-state index is 11.7.